The third kappa shape index (κ3) is 7.81. The summed E-state index contributed by atoms with van der Waals surface area (Å²) in [5.41, 5.74) is 8.03. The van der Waals surface area contributed by atoms with Gasteiger partial charge in [0, 0.05) is 30.3 Å². The highest BCUT2D eigenvalue weighted by Crippen LogP contribution is 2.45. The van der Waals surface area contributed by atoms with Crippen LogP contribution in [0.4, 0.5) is 15.3 Å². The number of likely N-dealkylation sites (tertiary alicyclic amines) is 2. The molecule has 0 unspecified atom stereocenters. The molecule has 4 amide bonds. The number of ether oxygens (including phenoxy) is 3. The van der Waals surface area contributed by atoms with Crippen LogP contribution in [0.5, 0.6) is 5.75 Å². The average molecular weight is 832 g/mol. The van der Waals surface area contributed by atoms with E-state index >= 15 is 0 Å². The van der Waals surface area contributed by atoms with Crippen molar-refractivity contribution in [2.75, 3.05) is 20.8 Å². The summed E-state index contributed by atoms with van der Waals surface area (Å²) in [5, 5.41) is 7.68. The van der Waals surface area contributed by atoms with Gasteiger partial charge in [-0.15, -0.1) is 0 Å². The van der Waals surface area contributed by atoms with Crippen molar-refractivity contribution in [3.05, 3.63) is 65.6 Å². The van der Waals surface area contributed by atoms with Crippen LogP contribution < -0.4 is 15.4 Å². The normalized spacial score (nSPS) is 21.4. The van der Waals surface area contributed by atoms with Gasteiger partial charge >= 0.3 is 12.2 Å². The second kappa shape index (κ2) is 16.9. The molecule has 6 atom stereocenters. The standard InChI is InChI=1S/C47H57N7O7/c1-9-27-16-39(53(22-27)44(55)41(24(2)3)51-46(57)59-7)36-19-33-32-20-40-34(18-28(32)12-14-35(33)49-36)31-13-11-29(17-30(31)23-61-40)37-21-48-43(50-37)38-15-10-26(6)54(38)45(56)42(25(4)5)52-47(58)60-8/h11-14,17-18,20-21,24-27,38-39,41-42H,9-10,15-16,19,22-23H2,1-8H3,(H,48,50)(H,51,57)(H,52,58)/t26-,27-,38-,39-,41-,42-/m0/s1. The molecule has 0 aliphatic carbocycles. The smallest absolute Gasteiger partial charge is 0.407 e. The highest BCUT2D eigenvalue weighted by molar-refractivity contribution is 6.06. The van der Waals surface area contributed by atoms with Gasteiger partial charge in [0.05, 0.1) is 43.9 Å². The van der Waals surface area contributed by atoms with Gasteiger partial charge in [0.15, 0.2) is 0 Å². The molecule has 5 heterocycles. The van der Waals surface area contributed by atoms with Gasteiger partial charge in [-0.1, -0.05) is 59.2 Å². The van der Waals surface area contributed by atoms with Crippen molar-refractivity contribution in [2.24, 2.45) is 22.7 Å². The topological polar surface area (TPSA) is 168 Å². The van der Waals surface area contributed by atoms with Crippen molar-refractivity contribution in [1.29, 1.82) is 0 Å². The van der Waals surface area contributed by atoms with Gasteiger partial charge in [0.25, 0.3) is 0 Å². The number of nitrogens with one attached hydrogen (secondary N) is 3. The van der Waals surface area contributed by atoms with Crippen LogP contribution in [0.3, 0.4) is 0 Å². The van der Waals surface area contributed by atoms with Crippen LogP contribution >= 0.6 is 0 Å². The second-order valence-electron chi connectivity index (χ2n) is 17.7. The van der Waals surface area contributed by atoms with E-state index in [0.29, 0.717) is 31.3 Å². The molecule has 61 heavy (non-hydrogen) atoms. The number of methoxy groups -OCH3 is 2. The number of nitrogens with zero attached hydrogens (tertiary/aromatic N) is 4. The number of H-pyrrole nitrogens is 1. The minimum Gasteiger partial charge on any atom is -0.488 e. The first kappa shape index (κ1) is 41.8. The summed E-state index contributed by atoms with van der Waals surface area (Å²) in [7, 11) is 2.60. The predicted octanol–water partition coefficient (Wildman–Crippen LogP) is 7.86. The number of imidazole rings is 1. The van der Waals surface area contributed by atoms with Crippen LogP contribution in [0.2, 0.25) is 0 Å². The highest BCUT2D eigenvalue weighted by atomic mass is 16.5. The molecule has 4 aliphatic rings. The molecule has 0 radical (unpaired) electrons. The van der Waals surface area contributed by atoms with Gasteiger partial charge < -0.3 is 39.6 Å². The third-order valence-corrected chi connectivity index (χ3v) is 13.2. The van der Waals surface area contributed by atoms with E-state index in [4.69, 9.17) is 24.2 Å². The Morgan fingerprint density at radius 2 is 1.62 bits per heavy atom. The maximum atomic E-state index is 14.0. The SMILES string of the molecule is CC[C@H]1C[C@@H](C2=Nc3ccc4cc5c(cc4c3C2)OCc2cc(-c3cnc([C@@H]4CC[C@H](C)N4C(=O)[C@@H](NC(=O)OC)C(C)C)[nH]3)ccc2-5)N(C(=O)[C@@H](NC(=O)OC)C(C)C)C1. The molecule has 0 saturated carbocycles. The van der Waals surface area contributed by atoms with Crippen molar-refractivity contribution in [3.63, 3.8) is 0 Å². The Balaban J connectivity index is 1.02. The molecule has 0 bridgehead atoms. The molecule has 3 aromatic carbocycles. The van der Waals surface area contributed by atoms with Crippen molar-refractivity contribution in [1.82, 2.24) is 30.4 Å². The number of hydrogen-bond acceptors (Lipinski definition) is 9. The van der Waals surface area contributed by atoms with E-state index in [1.54, 1.807) is 0 Å². The zero-order valence-corrected chi connectivity index (χ0v) is 36.3. The number of aromatic nitrogens is 2. The minimum absolute atomic E-state index is 0.0119. The zero-order valence-electron chi connectivity index (χ0n) is 36.3. The Morgan fingerprint density at radius 1 is 0.902 bits per heavy atom. The van der Waals surface area contributed by atoms with Gasteiger partial charge in [-0.05, 0) is 101 Å². The minimum atomic E-state index is -0.715. The van der Waals surface area contributed by atoms with Crippen molar-refractivity contribution < 1.29 is 33.4 Å². The number of amides is 4. The van der Waals surface area contributed by atoms with Crippen molar-refractivity contribution in [3.8, 4) is 28.1 Å². The Morgan fingerprint density at radius 3 is 2.31 bits per heavy atom. The molecule has 8 rings (SSSR count). The maximum Gasteiger partial charge on any atom is 0.407 e. The first-order valence-electron chi connectivity index (χ1n) is 21.6. The Hall–Kier alpha value is -5.92. The van der Waals surface area contributed by atoms with Gasteiger partial charge in [0.2, 0.25) is 11.8 Å². The van der Waals surface area contributed by atoms with Gasteiger partial charge in [0.1, 0.15) is 30.3 Å². The summed E-state index contributed by atoms with van der Waals surface area (Å²) < 4.78 is 16.1. The molecule has 2 saturated heterocycles. The number of alkyl carbamates (subject to hydrolysis) is 2. The number of hydrogen-bond donors (Lipinski definition) is 3. The van der Waals surface area contributed by atoms with Crippen LogP contribution in [0, 0.1) is 17.8 Å². The molecule has 14 nitrogen and oxygen atoms in total. The zero-order chi connectivity index (χ0) is 43.3. The first-order valence-corrected chi connectivity index (χ1v) is 21.6. The van der Waals surface area contributed by atoms with Crippen LogP contribution in [-0.2, 0) is 32.1 Å². The van der Waals surface area contributed by atoms with Crippen LogP contribution in [0.1, 0.15) is 90.2 Å². The lowest BCUT2D eigenvalue weighted by molar-refractivity contribution is -0.137. The molecular weight excluding hydrogens is 775 g/mol. The quantitative estimate of drug-likeness (QED) is 0.145. The van der Waals surface area contributed by atoms with Gasteiger partial charge in [-0.2, -0.15) is 0 Å². The van der Waals surface area contributed by atoms with Crippen molar-refractivity contribution in [2.45, 2.75) is 110 Å². The van der Waals surface area contributed by atoms with Crippen LogP contribution in [0.15, 0.2) is 53.7 Å². The summed E-state index contributed by atoms with van der Waals surface area (Å²) in [6, 6.07) is 13.1. The Bertz CT molecular complexity index is 2410. The van der Waals surface area contributed by atoms with E-state index in [9.17, 15) is 19.2 Å². The predicted molar refractivity (Wildman–Crippen MR) is 233 cm³/mol. The fourth-order valence-electron chi connectivity index (χ4n) is 9.68. The molecule has 4 aliphatic heterocycles. The summed E-state index contributed by atoms with van der Waals surface area (Å²) in [6.45, 7) is 12.9. The number of carbonyl (C=O) groups is 4. The van der Waals surface area contributed by atoms with E-state index in [1.165, 1.54) is 14.2 Å². The molecule has 3 N–H and O–H groups in total. The Kier molecular flexibility index (Phi) is 11.5. The molecule has 322 valence electrons. The summed E-state index contributed by atoms with van der Waals surface area (Å²) in [6.07, 6.45) is 4.58. The summed E-state index contributed by atoms with van der Waals surface area (Å²) >= 11 is 0. The fraction of sp³-hybridized carbons (Fsp3) is 0.489. The fourth-order valence-corrected chi connectivity index (χ4v) is 9.68. The van der Waals surface area contributed by atoms with E-state index in [1.807, 2.05) is 50.6 Å². The molecule has 1 aromatic heterocycles. The lowest BCUT2D eigenvalue weighted by atomic mass is 9.90. The van der Waals surface area contributed by atoms with E-state index < -0.39 is 24.3 Å². The summed E-state index contributed by atoms with van der Waals surface area (Å²) in [4.78, 5) is 69.4. The number of benzene rings is 3. The molecule has 0 spiro atoms. The largest absolute Gasteiger partial charge is 0.488 e. The number of rotatable bonds is 10. The maximum absolute atomic E-state index is 14.0. The molecule has 14 heteroatoms. The van der Waals surface area contributed by atoms with E-state index in [0.717, 1.165) is 87.1 Å². The molecule has 2 fully saturated rings. The van der Waals surface area contributed by atoms with E-state index in [-0.39, 0.29) is 41.8 Å². The number of carbonyl (C=O) groups excluding carboxylic acids is 4. The third-order valence-electron chi connectivity index (χ3n) is 13.2. The monoisotopic (exact) mass is 831 g/mol. The number of aromatic amines is 1. The first-order chi connectivity index (χ1) is 29.3. The summed E-state index contributed by atoms with van der Waals surface area (Å²) in [5.74, 6) is 1.39. The highest BCUT2D eigenvalue weighted by Gasteiger charge is 2.43. The number of aliphatic imine (C=N–C) groups is 1. The van der Waals surface area contributed by atoms with Crippen molar-refractivity contribution >= 4 is 46.2 Å². The number of fused-ring (bicyclic) bond motifs is 6. The van der Waals surface area contributed by atoms with Gasteiger partial charge in [-0.3, -0.25) is 14.6 Å². The average Bonchev–Trinajstić information content (AvgIpc) is 4.08. The van der Waals surface area contributed by atoms with Gasteiger partial charge in [-0.25, -0.2) is 14.6 Å². The second-order valence-corrected chi connectivity index (χ2v) is 17.7. The van der Waals surface area contributed by atoms with Crippen LogP contribution in [0.25, 0.3) is 33.2 Å². The molecule has 4 aromatic rings. The lowest BCUT2D eigenvalue weighted by Gasteiger charge is -2.32. The lowest BCUT2D eigenvalue weighted by Crippen LogP contribution is -2.53. The van der Waals surface area contributed by atoms with Crippen LogP contribution in [-0.4, -0.2) is 94.4 Å². The van der Waals surface area contributed by atoms with E-state index in [2.05, 4.69) is 65.0 Å². The molecular formula is C47H57N7O7. The Labute approximate surface area is 356 Å².